The van der Waals surface area contributed by atoms with Gasteiger partial charge in [-0.05, 0) is 35.4 Å². The lowest BCUT2D eigenvalue weighted by molar-refractivity contribution is 0.281. The van der Waals surface area contributed by atoms with Crippen LogP contribution in [0, 0.1) is 0 Å². The molecule has 0 saturated carbocycles. The molecule has 0 aliphatic rings. The molecule has 1 N–H and O–H groups in total. The largest absolute Gasteiger partial charge is 0.487 e. The maximum absolute atomic E-state index is 8.99. The van der Waals surface area contributed by atoms with Gasteiger partial charge in [0.2, 0.25) is 0 Å². The smallest absolute Gasteiger partial charge is 0.138 e. The Bertz CT molecular complexity index is 543. The van der Waals surface area contributed by atoms with Gasteiger partial charge in [0, 0.05) is 4.47 Å². The third kappa shape index (κ3) is 3.48. The van der Waals surface area contributed by atoms with Crippen LogP contribution in [-0.2, 0) is 13.2 Å². The predicted molar refractivity (Wildman–Crippen MR) is 75.8 cm³/mol. The maximum Gasteiger partial charge on any atom is 0.138 e. The molecule has 94 valence electrons. The quantitative estimate of drug-likeness (QED) is 0.913. The first-order chi connectivity index (χ1) is 8.69. The number of benzene rings is 2. The number of hydrogen-bond donors (Lipinski definition) is 1. The lowest BCUT2D eigenvalue weighted by Gasteiger charge is -2.09. The van der Waals surface area contributed by atoms with Crippen LogP contribution in [0.25, 0.3) is 0 Å². The molecule has 2 rings (SSSR count). The number of aliphatic hydroxyl groups excluding tert-OH is 1. The van der Waals surface area contributed by atoms with E-state index in [1.807, 2.05) is 24.3 Å². The highest BCUT2D eigenvalue weighted by molar-refractivity contribution is 9.10. The summed E-state index contributed by atoms with van der Waals surface area (Å²) in [4.78, 5) is 0. The van der Waals surface area contributed by atoms with Crippen molar-refractivity contribution < 1.29 is 9.84 Å². The zero-order valence-corrected chi connectivity index (χ0v) is 11.9. The zero-order valence-electron chi connectivity index (χ0n) is 9.57. The van der Waals surface area contributed by atoms with Crippen molar-refractivity contribution in [2.45, 2.75) is 13.2 Å². The van der Waals surface area contributed by atoms with E-state index in [4.69, 9.17) is 21.4 Å². The fraction of sp³-hybridized carbons (Fsp3) is 0.143. The minimum Gasteiger partial charge on any atom is -0.487 e. The predicted octanol–water partition coefficient (Wildman–Crippen LogP) is 4.17. The molecular formula is C14H12BrClO2. The van der Waals surface area contributed by atoms with E-state index >= 15 is 0 Å². The van der Waals surface area contributed by atoms with Gasteiger partial charge in [-0.2, -0.15) is 0 Å². The van der Waals surface area contributed by atoms with Crippen molar-refractivity contribution in [2.75, 3.05) is 0 Å². The first kappa shape index (κ1) is 13.4. The Balaban J connectivity index is 2.06. The Hall–Kier alpha value is -1.03. The van der Waals surface area contributed by atoms with Crippen LogP contribution < -0.4 is 4.74 Å². The standard InChI is InChI=1S/C14H12BrClO2/c15-12-3-1-2-11(6-12)9-18-14-5-4-10(8-17)7-13(14)16/h1-7,17H,8-9H2. The molecular weight excluding hydrogens is 316 g/mol. The van der Waals surface area contributed by atoms with E-state index in [1.54, 1.807) is 18.2 Å². The summed E-state index contributed by atoms with van der Waals surface area (Å²) in [5, 5.41) is 9.50. The Morgan fingerprint density at radius 3 is 2.61 bits per heavy atom. The molecule has 0 atom stereocenters. The third-order valence-electron chi connectivity index (χ3n) is 2.46. The van der Waals surface area contributed by atoms with E-state index < -0.39 is 0 Å². The monoisotopic (exact) mass is 326 g/mol. The Morgan fingerprint density at radius 2 is 1.94 bits per heavy atom. The zero-order chi connectivity index (χ0) is 13.0. The van der Waals surface area contributed by atoms with Gasteiger partial charge in [-0.25, -0.2) is 0 Å². The van der Waals surface area contributed by atoms with Gasteiger partial charge < -0.3 is 9.84 Å². The molecule has 0 amide bonds. The lowest BCUT2D eigenvalue weighted by atomic mass is 10.2. The summed E-state index contributed by atoms with van der Waals surface area (Å²) in [7, 11) is 0. The Morgan fingerprint density at radius 1 is 1.11 bits per heavy atom. The highest BCUT2D eigenvalue weighted by atomic mass is 79.9. The van der Waals surface area contributed by atoms with Gasteiger partial charge in [0.15, 0.2) is 0 Å². The molecule has 4 heteroatoms. The first-order valence-electron chi connectivity index (χ1n) is 5.45. The van der Waals surface area contributed by atoms with Gasteiger partial charge in [-0.15, -0.1) is 0 Å². The first-order valence-corrected chi connectivity index (χ1v) is 6.62. The molecule has 0 aliphatic heterocycles. The minimum atomic E-state index is -0.0222. The second-order valence-electron chi connectivity index (χ2n) is 3.84. The van der Waals surface area contributed by atoms with Crippen LogP contribution in [0.2, 0.25) is 5.02 Å². The highest BCUT2D eigenvalue weighted by Crippen LogP contribution is 2.26. The fourth-order valence-corrected chi connectivity index (χ4v) is 2.25. The van der Waals surface area contributed by atoms with Gasteiger partial charge in [-0.3, -0.25) is 0 Å². The van der Waals surface area contributed by atoms with Crippen LogP contribution in [0.15, 0.2) is 46.9 Å². The maximum atomic E-state index is 8.99. The molecule has 2 aromatic carbocycles. The molecule has 0 radical (unpaired) electrons. The van der Waals surface area contributed by atoms with Crippen LogP contribution in [0.1, 0.15) is 11.1 Å². The second-order valence-corrected chi connectivity index (χ2v) is 5.16. The molecule has 0 heterocycles. The van der Waals surface area contributed by atoms with Crippen molar-refractivity contribution in [1.29, 1.82) is 0 Å². The molecule has 18 heavy (non-hydrogen) atoms. The van der Waals surface area contributed by atoms with E-state index in [0.717, 1.165) is 15.6 Å². The van der Waals surface area contributed by atoms with Gasteiger partial charge in [0.05, 0.1) is 11.6 Å². The summed E-state index contributed by atoms with van der Waals surface area (Å²) >= 11 is 9.47. The second kappa shape index (κ2) is 6.23. The molecule has 0 fully saturated rings. The molecule has 0 aliphatic carbocycles. The van der Waals surface area contributed by atoms with Crippen molar-refractivity contribution in [2.24, 2.45) is 0 Å². The van der Waals surface area contributed by atoms with Gasteiger partial charge in [0.1, 0.15) is 12.4 Å². The van der Waals surface area contributed by atoms with Crippen LogP contribution in [-0.4, -0.2) is 5.11 Å². The van der Waals surface area contributed by atoms with Crippen LogP contribution >= 0.6 is 27.5 Å². The number of hydrogen-bond acceptors (Lipinski definition) is 2. The van der Waals surface area contributed by atoms with E-state index in [-0.39, 0.29) is 6.61 Å². The molecule has 0 spiro atoms. The fourth-order valence-electron chi connectivity index (χ4n) is 1.55. The minimum absolute atomic E-state index is 0.0222. The van der Waals surface area contributed by atoms with Crippen molar-refractivity contribution in [3.05, 3.63) is 63.1 Å². The van der Waals surface area contributed by atoms with Crippen molar-refractivity contribution in [1.82, 2.24) is 0 Å². The van der Waals surface area contributed by atoms with E-state index in [0.29, 0.717) is 17.4 Å². The number of halogens is 2. The summed E-state index contributed by atoms with van der Waals surface area (Å²) in [5.74, 6) is 0.619. The van der Waals surface area contributed by atoms with Crippen LogP contribution in [0.5, 0.6) is 5.75 Å². The molecule has 2 nitrogen and oxygen atoms in total. The van der Waals surface area contributed by atoms with Crippen molar-refractivity contribution in [3.8, 4) is 5.75 Å². The van der Waals surface area contributed by atoms with Gasteiger partial charge in [0.25, 0.3) is 0 Å². The summed E-state index contributed by atoms with van der Waals surface area (Å²) < 4.78 is 6.66. The van der Waals surface area contributed by atoms with E-state index in [9.17, 15) is 0 Å². The summed E-state index contributed by atoms with van der Waals surface area (Å²) in [6, 6.07) is 13.2. The van der Waals surface area contributed by atoms with E-state index in [1.165, 1.54) is 0 Å². The summed E-state index contributed by atoms with van der Waals surface area (Å²) in [6.45, 7) is 0.434. The van der Waals surface area contributed by atoms with Crippen LogP contribution in [0.3, 0.4) is 0 Å². The molecule has 0 aromatic heterocycles. The third-order valence-corrected chi connectivity index (χ3v) is 3.25. The Labute approximate surface area is 119 Å². The Kier molecular flexibility index (Phi) is 4.64. The molecule has 0 bridgehead atoms. The molecule has 2 aromatic rings. The highest BCUT2D eigenvalue weighted by Gasteiger charge is 2.03. The normalized spacial score (nSPS) is 10.4. The van der Waals surface area contributed by atoms with Crippen molar-refractivity contribution >= 4 is 27.5 Å². The topological polar surface area (TPSA) is 29.5 Å². The van der Waals surface area contributed by atoms with Gasteiger partial charge >= 0.3 is 0 Å². The molecule has 0 unspecified atom stereocenters. The van der Waals surface area contributed by atoms with E-state index in [2.05, 4.69) is 15.9 Å². The number of aliphatic hydroxyl groups is 1. The van der Waals surface area contributed by atoms with Crippen molar-refractivity contribution in [3.63, 3.8) is 0 Å². The average molecular weight is 328 g/mol. The summed E-state index contributed by atoms with van der Waals surface area (Å²) in [5.41, 5.74) is 1.83. The lowest BCUT2D eigenvalue weighted by Crippen LogP contribution is -1.96. The molecule has 0 saturated heterocycles. The number of ether oxygens (including phenoxy) is 1. The SMILES string of the molecule is OCc1ccc(OCc2cccc(Br)c2)c(Cl)c1. The number of rotatable bonds is 4. The van der Waals surface area contributed by atoms with Gasteiger partial charge in [-0.1, -0.05) is 45.7 Å². The summed E-state index contributed by atoms with van der Waals surface area (Å²) in [6.07, 6.45) is 0. The average Bonchev–Trinajstić information content (AvgIpc) is 2.37. The van der Waals surface area contributed by atoms with Crippen LogP contribution in [0.4, 0.5) is 0 Å².